The van der Waals surface area contributed by atoms with Gasteiger partial charge in [0.2, 0.25) is 0 Å². The van der Waals surface area contributed by atoms with Gasteiger partial charge >= 0.3 is 0 Å². The second kappa shape index (κ2) is 6.10. The van der Waals surface area contributed by atoms with Crippen molar-refractivity contribution in [1.29, 1.82) is 0 Å². The van der Waals surface area contributed by atoms with Gasteiger partial charge in [0.1, 0.15) is 6.33 Å². The molecule has 0 atom stereocenters. The van der Waals surface area contributed by atoms with Crippen molar-refractivity contribution in [1.82, 2.24) is 9.97 Å². The SMILES string of the molecule is Cc1cc2cc3sc4c(-c5ccc6ccccc6c5)ncnc4c3cc2cc1C. The standard InChI is InChI=1S/C26H18N2S/c1-15-9-20-12-22-23(13-21(20)10-16(15)2)29-26-24(27-14-28-25(22)26)19-8-7-17-5-3-4-6-18(17)11-19/h3-14H,1-2H3. The van der Waals surface area contributed by atoms with Gasteiger partial charge in [0.25, 0.3) is 0 Å². The van der Waals surface area contributed by atoms with E-state index in [0.29, 0.717) is 0 Å². The predicted molar refractivity (Wildman–Crippen MR) is 125 cm³/mol. The van der Waals surface area contributed by atoms with E-state index in [4.69, 9.17) is 0 Å². The molecule has 2 aromatic heterocycles. The van der Waals surface area contributed by atoms with Gasteiger partial charge in [-0.2, -0.15) is 0 Å². The molecular formula is C26H18N2S. The van der Waals surface area contributed by atoms with E-state index in [-0.39, 0.29) is 0 Å². The Balaban J connectivity index is 1.65. The van der Waals surface area contributed by atoms with Crippen LogP contribution in [0.15, 0.2) is 73.1 Å². The Morgan fingerprint density at radius 3 is 2.28 bits per heavy atom. The molecule has 0 spiro atoms. The molecule has 6 rings (SSSR count). The number of thiophene rings is 1. The van der Waals surface area contributed by atoms with Gasteiger partial charge in [-0.1, -0.05) is 48.5 Å². The van der Waals surface area contributed by atoms with Crippen molar-refractivity contribution in [3.63, 3.8) is 0 Å². The first-order chi connectivity index (χ1) is 14.2. The Hall–Kier alpha value is -3.30. The summed E-state index contributed by atoms with van der Waals surface area (Å²) < 4.78 is 2.42. The molecule has 0 radical (unpaired) electrons. The zero-order valence-electron chi connectivity index (χ0n) is 16.2. The predicted octanol–water partition coefficient (Wildman–Crippen LogP) is 7.43. The quantitative estimate of drug-likeness (QED) is 0.292. The molecule has 138 valence electrons. The third-order valence-electron chi connectivity index (χ3n) is 5.85. The number of hydrogen-bond donors (Lipinski definition) is 0. The van der Waals surface area contributed by atoms with E-state index in [1.165, 1.54) is 42.8 Å². The Morgan fingerprint density at radius 1 is 0.690 bits per heavy atom. The van der Waals surface area contributed by atoms with Crippen molar-refractivity contribution in [2.75, 3.05) is 0 Å². The highest BCUT2D eigenvalue weighted by Crippen LogP contribution is 2.40. The molecule has 0 aliphatic heterocycles. The summed E-state index contributed by atoms with van der Waals surface area (Å²) in [6, 6.07) is 24.2. The zero-order valence-corrected chi connectivity index (χ0v) is 17.0. The number of nitrogens with zero attached hydrogens (tertiary/aromatic N) is 2. The first-order valence-electron chi connectivity index (χ1n) is 9.75. The van der Waals surface area contributed by atoms with Gasteiger partial charge < -0.3 is 0 Å². The summed E-state index contributed by atoms with van der Waals surface area (Å²) in [4.78, 5) is 9.34. The molecule has 0 unspecified atom stereocenters. The van der Waals surface area contributed by atoms with Crippen LogP contribution in [-0.4, -0.2) is 9.97 Å². The summed E-state index contributed by atoms with van der Waals surface area (Å²) in [5.74, 6) is 0. The highest BCUT2D eigenvalue weighted by molar-refractivity contribution is 7.26. The molecule has 0 amide bonds. The van der Waals surface area contributed by atoms with E-state index in [1.807, 2.05) is 0 Å². The van der Waals surface area contributed by atoms with Gasteiger partial charge in [-0.3, -0.25) is 0 Å². The number of hydrogen-bond acceptors (Lipinski definition) is 3. The van der Waals surface area contributed by atoms with Crippen LogP contribution in [0.4, 0.5) is 0 Å². The van der Waals surface area contributed by atoms with Crippen LogP contribution < -0.4 is 0 Å². The average Bonchev–Trinajstić information content (AvgIpc) is 3.10. The molecule has 0 saturated heterocycles. The van der Waals surface area contributed by atoms with Crippen molar-refractivity contribution in [2.24, 2.45) is 0 Å². The van der Waals surface area contributed by atoms with Crippen LogP contribution in [0, 0.1) is 13.8 Å². The van der Waals surface area contributed by atoms with E-state index in [0.717, 1.165) is 21.5 Å². The maximum Gasteiger partial charge on any atom is 0.116 e. The lowest BCUT2D eigenvalue weighted by molar-refractivity contribution is 1.24. The second-order valence-corrected chi connectivity index (χ2v) is 8.75. The first kappa shape index (κ1) is 16.6. The molecule has 3 heteroatoms. The molecule has 29 heavy (non-hydrogen) atoms. The minimum atomic E-state index is 1.01. The molecular weight excluding hydrogens is 372 g/mol. The Morgan fingerprint density at radius 2 is 1.45 bits per heavy atom. The fourth-order valence-electron chi connectivity index (χ4n) is 4.14. The van der Waals surface area contributed by atoms with Gasteiger partial charge in [0.15, 0.2) is 0 Å². The summed E-state index contributed by atoms with van der Waals surface area (Å²) in [7, 11) is 0. The van der Waals surface area contributed by atoms with Gasteiger partial charge in [-0.05, 0) is 64.7 Å². The highest BCUT2D eigenvalue weighted by Gasteiger charge is 2.14. The average molecular weight is 391 g/mol. The number of rotatable bonds is 1. The smallest absolute Gasteiger partial charge is 0.116 e. The lowest BCUT2D eigenvalue weighted by Gasteiger charge is -2.05. The molecule has 0 aliphatic rings. The van der Waals surface area contributed by atoms with Crippen LogP contribution in [0.1, 0.15) is 11.1 Å². The van der Waals surface area contributed by atoms with E-state index in [2.05, 4.69) is 90.5 Å². The van der Waals surface area contributed by atoms with E-state index in [1.54, 1.807) is 17.7 Å². The van der Waals surface area contributed by atoms with Crippen LogP contribution in [0.2, 0.25) is 0 Å². The molecule has 0 N–H and O–H groups in total. The summed E-state index contributed by atoms with van der Waals surface area (Å²) in [5, 5.41) is 6.24. The highest BCUT2D eigenvalue weighted by atomic mass is 32.1. The van der Waals surface area contributed by atoms with Gasteiger partial charge in [0, 0.05) is 15.6 Å². The van der Waals surface area contributed by atoms with Crippen molar-refractivity contribution >= 4 is 53.2 Å². The van der Waals surface area contributed by atoms with E-state index < -0.39 is 0 Å². The Labute approximate surface area is 172 Å². The fraction of sp³-hybridized carbons (Fsp3) is 0.0769. The van der Waals surface area contributed by atoms with E-state index in [9.17, 15) is 0 Å². The van der Waals surface area contributed by atoms with Gasteiger partial charge in [0.05, 0.1) is 15.9 Å². The van der Waals surface area contributed by atoms with Crippen molar-refractivity contribution in [3.05, 3.63) is 84.2 Å². The maximum atomic E-state index is 4.68. The topological polar surface area (TPSA) is 25.8 Å². The normalized spacial score (nSPS) is 11.8. The summed E-state index contributed by atoms with van der Waals surface area (Å²) in [5.41, 5.74) is 5.85. The van der Waals surface area contributed by atoms with Crippen LogP contribution in [0.5, 0.6) is 0 Å². The molecule has 0 fully saturated rings. The molecule has 2 nitrogen and oxygen atoms in total. The van der Waals surface area contributed by atoms with Crippen LogP contribution in [-0.2, 0) is 0 Å². The minimum absolute atomic E-state index is 1.01. The molecule has 0 bridgehead atoms. The molecule has 6 aromatic rings. The number of fused-ring (bicyclic) bond motifs is 5. The van der Waals surface area contributed by atoms with Crippen LogP contribution in [0.3, 0.4) is 0 Å². The maximum absolute atomic E-state index is 4.68. The van der Waals surface area contributed by atoms with E-state index >= 15 is 0 Å². The zero-order chi connectivity index (χ0) is 19.5. The Kier molecular flexibility index (Phi) is 3.50. The lowest BCUT2D eigenvalue weighted by Crippen LogP contribution is -1.86. The van der Waals surface area contributed by atoms with Gasteiger partial charge in [-0.15, -0.1) is 11.3 Å². The lowest BCUT2D eigenvalue weighted by atomic mass is 10.0. The molecule has 0 saturated carbocycles. The van der Waals surface area contributed by atoms with Crippen LogP contribution in [0.25, 0.3) is 53.1 Å². The monoisotopic (exact) mass is 390 g/mol. The first-order valence-corrected chi connectivity index (χ1v) is 10.6. The Bertz CT molecular complexity index is 1580. The number of aryl methyl sites for hydroxylation is 2. The summed E-state index contributed by atoms with van der Waals surface area (Å²) in [6.45, 7) is 4.35. The van der Waals surface area contributed by atoms with Crippen molar-refractivity contribution in [2.45, 2.75) is 13.8 Å². The van der Waals surface area contributed by atoms with Crippen LogP contribution >= 0.6 is 11.3 Å². The minimum Gasteiger partial charge on any atom is -0.235 e. The summed E-state index contributed by atoms with van der Waals surface area (Å²) >= 11 is 1.79. The number of aromatic nitrogens is 2. The summed E-state index contributed by atoms with van der Waals surface area (Å²) in [6.07, 6.45) is 1.70. The molecule has 0 aliphatic carbocycles. The van der Waals surface area contributed by atoms with Gasteiger partial charge in [-0.25, -0.2) is 9.97 Å². The largest absolute Gasteiger partial charge is 0.235 e. The number of benzene rings is 4. The van der Waals surface area contributed by atoms with Crippen molar-refractivity contribution in [3.8, 4) is 11.3 Å². The molecule has 4 aromatic carbocycles. The third-order valence-corrected chi connectivity index (χ3v) is 6.99. The fourth-order valence-corrected chi connectivity index (χ4v) is 5.34. The second-order valence-electron chi connectivity index (χ2n) is 7.70. The third kappa shape index (κ3) is 2.55. The molecule has 2 heterocycles. The van der Waals surface area contributed by atoms with Crippen molar-refractivity contribution < 1.29 is 0 Å².